The van der Waals surface area contributed by atoms with Gasteiger partial charge in [0.05, 0.1) is 5.69 Å². The van der Waals surface area contributed by atoms with E-state index in [1.54, 1.807) is 18.7 Å². The van der Waals surface area contributed by atoms with Crippen molar-refractivity contribution in [3.8, 4) is 0 Å². The quantitative estimate of drug-likeness (QED) is 0.662. The van der Waals surface area contributed by atoms with E-state index in [0.29, 0.717) is 27.4 Å². The van der Waals surface area contributed by atoms with E-state index < -0.39 is 0 Å². The molecular weight excluding hydrogens is 304 g/mol. The summed E-state index contributed by atoms with van der Waals surface area (Å²) in [4.78, 5) is 19.5. The van der Waals surface area contributed by atoms with Gasteiger partial charge in [-0.1, -0.05) is 55.4 Å². The number of thioether (sulfide) groups is 1. The second-order valence-electron chi connectivity index (χ2n) is 5.05. The molecule has 1 N–H and O–H groups in total. The van der Waals surface area contributed by atoms with Gasteiger partial charge in [0.1, 0.15) is 0 Å². The average molecular weight is 323 g/mol. The molecule has 5 heteroatoms. The number of halogens is 1. The topological polar surface area (TPSA) is 45.8 Å². The van der Waals surface area contributed by atoms with Crippen LogP contribution in [0.2, 0.25) is 5.02 Å². The van der Waals surface area contributed by atoms with Crippen molar-refractivity contribution in [3.63, 3.8) is 0 Å². The van der Waals surface area contributed by atoms with E-state index in [1.165, 1.54) is 0 Å². The Labute approximate surface area is 134 Å². The molecule has 1 aromatic carbocycles. The fourth-order valence-corrected chi connectivity index (χ4v) is 2.95. The number of hydrogen-bond acceptors (Lipinski definition) is 3. The van der Waals surface area contributed by atoms with Crippen LogP contribution >= 0.6 is 23.4 Å². The molecule has 0 amide bonds. The van der Waals surface area contributed by atoms with E-state index in [4.69, 9.17) is 11.6 Å². The summed E-state index contributed by atoms with van der Waals surface area (Å²) in [5.74, 6) is 0. The summed E-state index contributed by atoms with van der Waals surface area (Å²) in [5, 5.41) is 1.81. The number of hydrogen-bond donors (Lipinski definition) is 1. The van der Waals surface area contributed by atoms with Crippen molar-refractivity contribution in [1.29, 1.82) is 0 Å². The van der Waals surface area contributed by atoms with Gasteiger partial charge in [-0.3, -0.25) is 4.79 Å². The van der Waals surface area contributed by atoms with Gasteiger partial charge in [-0.15, -0.1) is 0 Å². The average Bonchev–Trinajstić information content (AvgIpc) is 2.46. The predicted molar refractivity (Wildman–Crippen MR) is 89.5 cm³/mol. The Morgan fingerprint density at radius 1 is 1.38 bits per heavy atom. The Kier molecular flexibility index (Phi) is 5.48. The second kappa shape index (κ2) is 7.14. The highest BCUT2D eigenvalue weighted by Crippen LogP contribution is 2.23. The molecule has 0 fully saturated rings. The maximum atomic E-state index is 12.1. The lowest BCUT2D eigenvalue weighted by Gasteiger charge is -2.11. The summed E-state index contributed by atoms with van der Waals surface area (Å²) < 4.78 is 0. The predicted octanol–water partition coefficient (Wildman–Crippen LogP) is 4.21. The number of aromatic nitrogens is 2. The van der Waals surface area contributed by atoms with E-state index >= 15 is 0 Å². The first-order valence-electron chi connectivity index (χ1n) is 7.01. The lowest BCUT2D eigenvalue weighted by molar-refractivity contribution is 0.840. The van der Waals surface area contributed by atoms with Crippen molar-refractivity contribution in [3.05, 3.63) is 56.5 Å². The third-order valence-electron chi connectivity index (χ3n) is 3.43. The summed E-state index contributed by atoms with van der Waals surface area (Å²) in [6, 6.07) is 7.66. The van der Waals surface area contributed by atoms with Crippen LogP contribution in [0.3, 0.4) is 0 Å². The van der Waals surface area contributed by atoms with E-state index in [0.717, 1.165) is 17.7 Å². The summed E-state index contributed by atoms with van der Waals surface area (Å²) in [6.45, 7) is 6.04. The molecule has 21 heavy (non-hydrogen) atoms. The number of aromatic amines is 1. The first-order chi connectivity index (χ1) is 10.0. The van der Waals surface area contributed by atoms with Gasteiger partial charge >= 0.3 is 0 Å². The third-order valence-corrected chi connectivity index (χ3v) is 4.95. The van der Waals surface area contributed by atoms with E-state index in [1.807, 2.05) is 24.3 Å². The molecule has 2 rings (SSSR count). The van der Waals surface area contributed by atoms with Gasteiger partial charge in [0.25, 0.3) is 5.56 Å². The highest BCUT2D eigenvalue weighted by molar-refractivity contribution is 7.99. The lowest BCUT2D eigenvalue weighted by Crippen LogP contribution is -2.17. The lowest BCUT2D eigenvalue weighted by atomic mass is 10.1. The molecule has 0 radical (unpaired) electrons. The first-order valence-corrected chi connectivity index (χ1v) is 8.26. The summed E-state index contributed by atoms with van der Waals surface area (Å²) in [5.41, 5.74) is 2.36. The number of rotatable bonds is 5. The van der Waals surface area contributed by atoms with Crippen molar-refractivity contribution in [1.82, 2.24) is 9.97 Å². The second-order valence-corrected chi connectivity index (χ2v) is 6.88. The van der Waals surface area contributed by atoms with Crippen LogP contribution in [0.1, 0.15) is 37.1 Å². The van der Waals surface area contributed by atoms with E-state index in [9.17, 15) is 4.79 Å². The molecule has 0 aliphatic rings. The Balaban J connectivity index is 2.34. The normalized spacial score (nSPS) is 12.4. The number of benzene rings is 1. The monoisotopic (exact) mass is 322 g/mol. The van der Waals surface area contributed by atoms with Crippen LogP contribution in [-0.2, 0) is 6.42 Å². The van der Waals surface area contributed by atoms with Crippen LogP contribution in [0.5, 0.6) is 0 Å². The Hall–Kier alpha value is -1.26. The van der Waals surface area contributed by atoms with Gasteiger partial charge in [-0.2, -0.15) is 0 Å². The maximum Gasteiger partial charge on any atom is 0.254 e. The van der Waals surface area contributed by atoms with Crippen LogP contribution in [-0.4, -0.2) is 15.2 Å². The first kappa shape index (κ1) is 16.1. The summed E-state index contributed by atoms with van der Waals surface area (Å²) in [7, 11) is 0. The molecule has 1 atom stereocenters. The fourth-order valence-electron chi connectivity index (χ4n) is 1.88. The summed E-state index contributed by atoms with van der Waals surface area (Å²) in [6.07, 6.45) is 1.60. The van der Waals surface area contributed by atoms with Crippen molar-refractivity contribution < 1.29 is 0 Å². The van der Waals surface area contributed by atoms with Gasteiger partial charge in [0.2, 0.25) is 0 Å². The summed E-state index contributed by atoms with van der Waals surface area (Å²) >= 11 is 7.79. The van der Waals surface area contributed by atoms with Crippen molar-refractivity contribution in [2.75, 3.05) is 0 Å². The molecule has 1 unspecified atom stereocenters. The zero-order valence-electron chi connectivity index (χ0n) is 12.4. The van der Waals surface area contributed by atoms with Crippen molar-refractivity contribution in [2.24, 2.45) is 0 Å². The SMILES string of the molecule is CCC(C)Sc1nc(Cc2ccccc2Cl)c(C)c(=O)[nH]1. The molecule has 0 saturated carbocycles. The Morgan fingerprint density at radius 2 is 2.10 bits per heavy atom. The van der Waals surface area contributed by atoms with Crippen LogP contribution in [0, 0.1) is 6.92 Å². The van der Waals surface area contributed by atoms with E-state index in [2.05, 4.69) is 23.8 Å². The molecule has 0 saturated heterocycles. The highest BCUT2D eigenvalue weighted by Gasteiger charge is 2.12. The van der Waals surface area contributed by atoms with Gasteiger partial charge in [0.15, 0.2) is 5.16 Å². The number of nitrogens with one attached hydrogen (secondary N) is 1. The van der Waals surface area contributed by atoms with Crippen LogP contribution in [0.25, 0.3) is 0 Å². The van der Waals surface area contributed by atoms with Gasteiger partial charge < -0.3 is 4.98 Å². The third kappa shape index (κ3) is 4.11. The molecule has 2 aromatic rings. The highest BCUT2D eigenvalue weighted by atomic mass is 35.5. The molecule has 0 spiro atoms. The number of H-pyrrole nitrogens is 1. The zero-order valence-corrected chi connectivity index (χ0v) is 14.0. The molecular formula is C16H19ClN2OS. The van der Waals surface area contributed by atoms with Gasteiger partial charge in [0, 0.05) is 22.3 Å². The molecule has 112 valence electrons. The van der Waals surface area contributed by atoms with Crippen LogP contribution in [0.4, 0.5) is 0 Å². The molecule has 3 nitrogen and oxygen atoms in total. The fraction of sp³-hybridized carbons (Fsp3) is 0.375. The Bertz CT molecular complexity index is 684. The van der Waals surface area contributed by atoms with Crippen molar-refractivity contribution >= 4 is 23.4 Å². The molecule has 1 heterocycles. The standard InChI is InChI=1S/C16H19ClN2OS/c1-4-10(2)21-16-18-14(11(3)15(20)19-16)9-12-7-5-6-8-13(12)17/h5-8,10H,4,9H2,1-3H3,(H,18,19,20). The van der Waals surface area contributed by atoms with Crippen LogP contribution < -0.4 is 5.56 Å². The molecule has 0 aliphatic heterocycles. The van der Waals surface area contributed by atoms with Crippen LogP contribution in [0.15, 0.2) is 34.2 Å². The molecule has 0 aliphatic carbocycles. The molecule has 1 aromatic heterocycles. The Morgan fingerprint density at radius 3 is 2.76 bits per heavy atom. The minimum absolute atomic E-state index is 0.0714. The maximum absolute atomic E-state index is 12.1. The minimum Gasteiger partial charge on any atom is -0.301 e. The molecule has 0 bridgehead atoms. The van der Waals surface area contributed by atoms with Gasteiger partial charge in [-0.25, -0.2) is 4.98 Å². The largest absolute Gasteiger partial charge is 0.301 e. The van der Waals surface area contributed by atoms with Gasteiger partial charge in [-0.05, 0) is 25.0 Å². The zero-order chi connectivity index (χ0) is 15.4. The van der Waals surface area contributed by atoms with Crippen molar-refractivity contribution in [2.45, 2.75) is 44.0 Å². The van der Waals surface area contributed by atoms with E-state index in [-0.39, 0.29) is 5.56 Å². The smallest absolute Gasteiger partial charge is 0.254 e. The number of nitrogens with zero attached hydrogens (tertiary/aromatic N) is 1. The minimum atomic E-state index is -0.0714.